The van der Waals surface area contributed by atoms with E-state index in [9.17, 15) is 9.90 Å². The second-order valence-electron chi connectivity index (χ2n) is 15.4. The van der Waals surface area contributed by atoms with E-state index in [0.717, 1.165) is 63.8 Å². The quantitative estimate of drug-likeness (QED) is 0.226. The number of Topliss-reactive ketones (excluding diaryl/α,β-unsaturated/α-hetero) is 1. The molecule has 0 saturated heterocycles. The number of benzene rings is 2. The zero-order chi connectivity index (χ0) is 35.0. The first kappa shape index (κ1) is 35.7. The minimum Gasteiger partial charge on any atom is -0.506 e. The summed E-state index contributed by atoms with van der Waals surface area (Å²) < 4.78 is 2.34. The number of rotatable bonds is 14. The van der Waals surface area contributed by atoms with Crippen LogP contribution in [-0.4, -0.2) is 135 Å². The third kappa shape index (κ3) is 6.95. The van der Waals surface area contributed by atoms with Crippen LogP contribution in [-0.2, 0) is 15.6 Å². The van der Waals surface area contributed by atoms with Crippen molar-refractivity contribution in [2.24, 2.45) is 0 Å². The van der Waals surface area contributed by atoms with Gasteiger partial charge in [0.05, 0.1) is 23.1 Å². The molecule has 5 rings (SSSR count). The van der Waals surface area contributed by atoms with Crippen LogP contribution in [0.1, 0.15) is 38.8 Å². The van der Waals surface area contributed by atoms with Gasteiger partial charge in [0.25, 0.3) is 0 Å². The number of hydrogen-bond acceptors (Lipinski definition) is 7. The van der Waals surface area contributed by atoms with Gasteiger partial charge in [-0.25, -0.2) is 0 Å². The zero-order valence-corrected chi connectivity index (χ0v) is 31.0. The Bertz CT molecular complexity index is 1660. The van der Waals surface area contributed by atoms with E-state index >= 15 is 0 Å². The SMILES string of the molecule is CN(C)CCN(C)CCN1/C(=C/C2=C(O)C(=C\C3=[N+](CCN(C)CCN(C)C)c4ccccc4C3(C)C)/C2=O)C(C)(C)c2ccccc21. The van der Waals surface area contributed by atoms with E-state index < -0.39 is 0 Å². The largest absolute Gasteiger partial charge is 0.506 e. The maximum Gasteiger partial charge on any atom is 0.209 e. The number of allylic oxidation sites excluding steroid dienone is 5. The molecule has 0 unspecified atom stereocenters. The van der Waals surface area contributed by atoms with Gasteiger partial charge in [0.15, 0.2) is 12.3 Å². The van der Waals surface area contributed by atoms with Gasteiger partial charge in [0.1, 0.15) is 5.76 Å². The summed E-state index contributed by atoms with van der Waals surface area (Å²) >= 11 is 0. The Hall–Kier alpha value is -3.56. The number of para-hydroxylation sites is 2. The fraction of sp³-hybridized carbons (Fsp3) is 0.500. The van der Waals surface area contributed by atoms with Crippen molar-refractivity contribution in [1.82, 2.24) is 19.6 Å². The number of carbonyl (C=O) groups excluding carboxylic acids is 1. The smallest absolute Gasteiger partial charge is 0.209 e. The van der Waals surface area contributed by atoms with Gasteiger partial charge in [-0.05, 0) is 73.8 Å². The lowest BCUT2D eigenvalue weighted by Gasteiger charge is -2.30. The van der Waals surface area contributed by atoms with Crippen molar-refractivity contribution in [3.63, 3.8) is 0 Å². The number of hydrogen-bond donors (Lipinski definition) is 1. The minimum absolute atomic E-state index is 0.0876. The monoisotopic (exact) mass is 653 g/mol. The predicted octanol–water partition coefficient (Wildman–Crippen LogP) is 5.05. The first-order chi connectivity index (χ1) is 22.6. The highest BCUT2D eigenvalue weighted by atomic mass is 16.3. The molecule has 0 bridgehead atoms. The summed E-state index contributed by atoms with van der Waals surface area (Å²) in [5.74, 6) is -0.0123. The number of fused-ring (bicyclic) bond motifs is 2. The average Bonchev–Trinajstić information content (AvgIpc) is 3.39. The number of likely N-dealkylation sites (N-methyl/N-ethyl adjacent to an activating group) is 4. The van der Waals surface area contributed by atoms with Crippen molar-refractivity contribution in [1.29, 1.82) is 0 Å². The molecular formula is C40H57N6O2+. The van der Waals surface area contributed by atoms with Gasteiger partial charge in [-0.1, -0.05) is 50.2 Å². The molecule has 8 heteroatoms. The average molecular weight is 654 g/mol. The summed E-state index contributed by atoms with van der Waals surface area (Å²) in [6.45, 7) is 16.2. The van der Waals surface area contributed by atoms with Crippen LogP contribution in [0.5, 0.6) is 0 Å². The highest BCUT2D eigenvalue weighted by Crippen LogP contribution is 2.49. The van der Waals surface area contributed by atoms with Crippen LogP contribution in [0.15, 0.2) is 83.3 Å². The lowest BCUT2D eigenvalue weighted by molar-refractivity contribution is -0.438. The second-order valence-corrected chi connectivity index (χ2v) is 15.4. The van der Waals surface area contributed by atoms with Crippen LogP contribution in [0.2, 0.25) is 0 Å². The molecular weight excluding hydrogens is 596 g/mol. The van der Waals surface area contributed by atoms with E-state index in [0.29, 0.717) is 11.1 Å². The molecule has 3 aliphatic rings. The fourth-order valence-corrected chi connectivity index (χ4v) is 7.17. The van der Waals surface area contributed by atoms with Gasteiger partial charge in [-0.2, -0.15) is 4.58 Å². The predicted molar refractivity (Wildman–Crippen MR) is 199 cm³/mol. The number of aliphatic hydroxyl groups excluding tert-OH is 1. The van der Waals surface area contributed by atoms with Gasteiger partial charge >= 0.3 is 0 Å². The summed E-state index contributed by atoms with van der Waals surface area (Å²) in [6.07, 6.45) is 3.90. The molecule has 1 N–H and O–H groups in total. The van der Waals surface area contributed by atoms with E-state index in [1.54, 1.807) is 0 Å². The number of anilines is 1. The molecule has 0 atom stereocenters. The number of carbonyl (C=O) groups is 1. The maximum absolute atomic E-state index is 14.0. The normalized spacial score (nSPS) is 20.0. The summed E-state index contributed by atoms with van der Waals surface area (Å²) in [6, 6.07) is 17.0. The molecule has 1 aliphatic carbocycles. The molecule has 0 saturated carbocycles. The molecule has 258 valence electrons. The van der Waals surface area contributed by atoms with Crippen LogP contribution in [0, 0.1) is 0 Å². The Morgan fingerprint density at radius 3 is 1.94 bits per heavy atom. The molecule has 0 fully saturated rings. The number of nitrogens with zero attached hydrogens (tertiary/aromatic N) is 6. The Balaban J connectivity index is 1.48. The van der Waals surface area contributed by atoms with E-state index in [1.807, 2.05) is 12.2 Å². The number of ketones is 1. The molecule has 2 aromatic carbocycles. The molecule has 48 heavy (non-hydrogen) atoms. The molecule has 0 radical (unpaired) electrons. The standard InChI is InChI=1S/C40H56N6O2/c1-39(2)31-15-11-13-17-33(31)45(25-23-43(9)21-19-41(5)6)35(39)27-29-37(47)30(38(29)48)28-36-40(3,4)32-16-12-14-18-34(32)46(36)26-24-44(10)22-20-42(7)8/h11-18,27-28H,19-26H2,1-10H3/p+1. The Morgan fingerprint density at radius 2 is 1.31 bits per heavy atom. The first-order valence-corrected chi connectivity index (χ1v) is 17.3. The van der Waals surface area contributed by atoms with Crippen LogP contribution < -0.4 is 4.90 Å². The third-order valence-corrected chi connectivity index (χ3v) is 10.4. The summed E-state index contributed by atoms with van der Waals surface area (Å²) in [4.78, 5) is 25.4. The van der Waals surface area contributed by atoms with Gasteiger partial charge < -0.3 is 24.7 Å². The third-order valence-electron chi connectivity index (χ3n) is 10.4. The maximum atomic E-state index is 14.0. The number of aliphatic hydroxyl groups is 1. The highest BCUT2D eigenvalue weighted by Gasteiger charge is 2.47. The molecule has 2 aromatic rings. The van der Waals surface area contributed by atoms with Crippen molar-refractivity contribution in [3.8, 4) is 0 Å². The van der Waals surface area contributed by atoms with Gasteiger partial charge in [-0.3, -0.25) is 9.69 Å². The van der Waals surface area contributed by atoms with Crippen LogP contribution in [0.3, 0.4) is 0 Å². The topological polar surface area (TPSA) is 56.5 Å². The summed E-state index contributed by atoms with van der Waals surface area (Å²) in [5.41, 5.74) is 7.07. The second kappa shape index (κ2) is 14.1. The van der Waals surface area contributed by atoms with E-state index in [1.165, 1.54) is 22.5 Å². The van der Waals surface area contributed by atoms with E-state index in [4.69, 9.17) is 0 Å². The minimum atomic E-state index is -0.314. The molecule has 0 aromatic heterocycles. The summed E-state index contributed by atoms with van der Waals surface area (Å²) in [7, 11) is 12.7. The van der Waals surface area contributed by atoms with Crippen molar-refractivity contribution < 1.29 is 14.5 Å². The van der Waals surface area contributed by atoms with E-state index in [2.05, 4.69) is 148 Å². The molecule has 0 amide bonds. The van der Waals surface area contributed by atoms with Gasteiger partial charge in [0.2, 0.25) is 11.5 Å². The molecule has 0 spiro atoms. The van der Waals surface area contributed by atoms with Crippen LogP contribution in [0.4, 0.5) is 11.4 Å². The van der Waals surface area contributed by atoms with Crippen molar-refractivity contribution >= 4 is 22.9 Å². The Labute approximate surface area is 288 Å². The summed E-state index contributed by atoms with van der Waals surface area (Å²) in [5, 5.41) is 11.6. The van der Waals surface area contributed by atoms with Gasteiger partial charge in [-0.15, -0.1) is 0 Å². The lowest BCUT2D eigenvalue weighted by Crippen LogP contribution is -2.37. The van der Waals surface area contributed by atoms with Crippen LogP contribution >= 0.6 is 0 Å². The lowest BCUT2D eigenvalue weighted by atomic mass is 9.77. The first-order valence-electron chi connectivity index (χ1n) is 17.3. The Morgan fingerprint density at radius 1 is 0.729 bits per heavy atom. The highest BCUT2D eigenvalue weighted by molar-refractivity contribution is 6.24. The molecule has 2 aliphatic heterocycles. The van der Waals surface area contributed by atoms with Crippen LogP contribution in [0.25, 0.3) is 0 Å². The van der Waals surface area contributed by atoms with Crippen molar-refractivity contribution in [2.45, 2.75) is 38.5 Å². The van der Waals surface area contributed by atoms with Crippen molar-refractivity contribution in [2.75, 3.05) is 99.5 Å². The zero-order valence-electron chi connectivity index (χ0n) is 31.0. The Kier molecular flexibility index (Phi) is 10.5. The fourth-order valence-electron chi connectivity index (χ4n) is 7.17. The van der Waals surface area contributed by atoms with Crippen molar-refractivity contribution in [3.05, 3.63) is 94.4 Å². The van der Waals surface area contributed by atoms with E-state index in [-0.39, 0.29) is 22.4 Å². The molecule has 8 nitrogen and oxygen atoms in total. The molecule has 2 heterocycles. The van der Waals surface area contributed by atoms with Gasteiger partial charge in [0, 0.05) is 73.8 Å².